The molecule has 0 aromatic carbocycles. The molecule has 0 saturated heterocycles. The topological polar surface area (TPSA) is 178 Å². The van der Waals surface area contributed by atoms with E-state index >= 15 is 0 Å². The Balaban J connectivity index is -0.00000000468. The molecule has 8 N–H and O–H groups in total. The third kappa shape index (κ3) is 268. The molecule has 0 aromatic rings. The van der Waals surface area contributed by atoms with E-state index in [0.717, 1.165) is 0 Å². The fourth-order valence-electron chi connectivity index (χ4n) is 0. The maximum atomic E-state index is 8.56. The van der Waals surface area contributed by atoms with Gasteiger partial charge in [0.1, 0.15) is 0 Å². The molecule has 0 aliphatic rings. The Kier molecular flexibility index (Phi) is 210. The minimum Gasteiger partial charge on any atom is -0.450 e. The van der Waals surface area contributed by atoms with Crippen molar-refractivity contribution in [3.05, 3.63) is 0 Å². The summed E-state index contributed by atoms with van der Waals surface area (Å²) in [5.41, 5.74) is 0. The summed E-state index contributed by atoms with van der Waals surface area (Å²) in [5, 5.41) is 27.9. The molecule has 0 fully saturated rings. The Hall–Kier alpha value is 4.24. The summed E-state index contributed by atoms with van der Waals surface area (Å²) in [6.07, 6.45) is -3.67. The van der Waals surface area contributed by atoms with Gasteiger partial charge in [0.25, 0.3) is 0 Å². The molecule has 0 atom stereocenters. The molecule has 0 radical (unpaired) electrons. The summed E-state index contributed by atoms with van der Waals surface area (Å²) in [4.78, 5) is 17.1. The van der Waals surface area contributed by atoms with Crippen molar-refractivity contribution in [2.75, 3.05) is 0 Å². The summed E-state index contributed by atoms with van der Waals surface area (Å²) in [5.74, 6) is 0. The Morgan fingerprint density at radius 2 is 0.600 bits per heavy atom. The predicted octanol–water partition coefficient (Wildman–Crippen LogP) is -8.34. The summed E-state index contributed by atoms with van der Waals surface area (Å²) >= 11 is 0. The van der Waals surface area contributed by atoms with Crippen LogP contribution in [0.15, 0.2) is 0 Å². The molecule has 0 aliphatic heterocycles. The maximum Gasteiger partial charge on any atom is 2.00 e. The summed E-state index contributed by atoms with van der Waals surface area (Å²) in [7, 11) is 0. The Bertz CT molecular complexity index is 83.9. The second-order valence-corrected chi connectivity index (χ2v) is 0.565. The van der Waals surface area contributed by atoms with Crippen molar-refractivity contribution in [1.29, 1.82) is 0 Å². The summed E-state index contributed by atoms with van der Waals surface area (Å²) in [6.45, 7) is 0. The van der Waals surface area contributed by atoms with Crippen LogP contribution in [0, 0.1) is 0 Å². The van der Waals surface area contributed by atoms with Gasteiger partial charge in [-0.05, 0) is 0 Å². The van der Waals surface area contributed by atoms with Crippen LogP contribution in [0.25, 0.3) is 0 Å². The van der Waals surface area contributed by atoms with Gasteiger partial charge in [-0.3, -0.25) is 0 Å². The van der Waals surface area contributed by atoms with E-state index in [4.69, 9.17) is 30.0 Å². The van der Waals surface area contributed by atoms with E-state index in [2.05, 4.69) is 0 Å². The number of hydrogen-bond donors (Lipinski definition) is 4. The normalized spacial score (nSPS) is 3.20. The number of carbonyl (C=O) groups is 2. The van der Waals surface area contributed by atoms with Crippen LogP contribution in [0.1, 0.15) is 0 Å². The van der Waals surface area contributed by atoms with E-state index in [0.29, 0.717) is 0 Å². The van der Waals surface area contributed by atoms with Gasteiger partial charge in [0.05, 0.1) is 0 Å². The van der Waals surface area contributed by atoms with Crippen LogP contribution >= 0.6 is 0 Å². The molecular weight excluding hydrogens is 318 g/mol. The van der Waals surface area contributed by atoms with Crippen molar-refractivity contribution in [3.63, 3.8) is 0 Å². The maximum absolute atomic E-state index is 8.56. The van der Waals surface area contributed by atoms with Gasteiger partial charge in [-0.25, -0.2) is 9.59 Å². The van der Waals surface area contributed by atoms with Crippen LogP contribution in [0.3, 0.4) is 0 Å². The van der Waals surface area contributed by atoms with Crippen molar-refractivity contribution >= 4 is 126 Å². The van der Waals surface area contributed by atoms with Crippen LogP contribution in [0.2, 0.25) is 0 Å². The zero-order valence-electron chi connectivity index (χ0n) is 8.73. The Labute approximate surface area is 220 Å². The van der Waals surface area contributed by atoms with Gasteiger partial charge in [0, 0.05) is 0 Å². The molecule has 0 spiro atoms. The average molecular weight is 326 g/mol. The molecule has 0 aliphatic carbocycles. The second kappa shape index (κ2) is 51.7. The van der Waals surface area contributed by atoms with E-state index in [1.165, 1.54) is 0 Å². The first-order chi connectivity index (χ1) is 3.46. The van der Waals surface area contributed by atoms with Gasteiger partial charge < -0.3 is 31.4 Å². The molecule has 64 valence electrons. The van der Waals surface area contributed by atoms with Crippen molar-refractivity contribution in [3.8, 4) is 0 Å². The van der Waals surface area contributed by atoms with E-state index < -0.39 is 12.3 Å². The molecule has 13 heteroatoms. The molecule has 0 bridgehead atoms. The Morgan fingerprint density at radius 3 is 0.600 bits per heavy atom. The third-order valence-electron chi connectivity index (χ3n) is 0. The minimum absolute atomic E-state index is 0. The predicted molar refractivity (Wildman–Crippen MR) is 45.8 cm³/mol. The zero-order valence-corrected chi connectivity index (χ0v) is 19.4. The largest absolute Gasteiger partial charge is 2.00 e. The molecule has 0 unspecified atom stereocenters. The van der Waals surface area contributed by atoms with Crippen LogP contribution in [-0.2, 0) is 0 Å². The van der Waals surface area contributed by atoms with Gasteiger partial charge in [0.15, 0.2) is 0 Å². The van der Waals surface area contributed by atoms with Crippen LogP contribution in [-0.4, -0.2) is 157 Å². The van der Waals surface area contributed by atoms with Gasteiger partial charge in [-0.2, -0.15) is 0 Å². The van der Waals surface area contributed by atoms with Gasteiger partial charge in [0.2, 0.25) is 0 Å². The monoisotopic (exact) mass is 326 g/mol. The molecule has 0 saturated carbocycles. The van der Waals surface area contributed by atoms with Crippen LogP contribution in [0.5, 0.6) is 0 Å². The molecule has 0 heterocycles. The molecule has 8 nitrogen and oxygen atoms in total. The van der Waals surface area contributed by atoms with E-state index in [1.54, 1.807) is 0 Å². The van der Waals surface area contributed by atoms with Crippen molar-refractivity contribution < 1.29 is 100 Å². The Morgan fingerprint density at radius 1 is 0.600 bits per heavy atom. The smallest absolute Gasteiger partial charge is 0.450 e. The molecule has 0 aromatic heterocycles. The minimum atomic E-state index is -1.83. The molecule has 0 rings (SSSR count). The number of hydrogen-bond acceptors (Lipinski definition) is 2. The summed E-state index contributed by atoms with van der Waals surface area (Å²) < 4.78 is 0. The van der Waals surface area contributed by atoms with E-state index in [1.807, 2.05) is 0 Å². The van der Waals surface area contributed by atoms with Crippen molar-refractivity contribution in [2.24, 2.45) is 0 Å². The SMILES string of the molecule is O.O.O=C(O)O.O=C(O)O.[Ca+2].[Ca+2].[Ca+2].[Na+].[Na+]. The standard InChI is InChI=1S/2CH2O3.3Ca.2Na.2H2O/c2*2-1(3)4;;;;;;;/h2*(H2,2,3,4);;;;;;2*1H2/q;;3*+2;2*+1;;. The van der Waals surface area contributed by atoms with E-state index in [9.17, 15) is 0 Å². The van der Waals surface area contributed by atoms with Crippen LogP contribution < -0.4 is 59.1 Å². The zero-order chi connectivity index (χ0) is 7.15. The van der Waals surface area contributed by atoms with E-state index in [-0.39, 0.29) is 183 Å². The first-order valence-electron chi connectivity index (χ1n) is 1.30. The van der Waals surface area contributed by atoms with Crippen molar-refractivity contribution in [2.45, 2.75) is 0 Å². The van der Waals surface area contributed by atoms with Crippen LogP contribution in [0.4, 0.5) is 9.59 Å². The first-order valence-corrected chi connectivity index (χ1v) is 1.30. The first kappa shape index (κ1) is 61.0. The molecule has 15 heavy (non-hydrogen) atoms. The molecular formula is C2H8Ca3Na2O8+8. The number of carboxylic acid groups (broad SMARTS) is 4. The average Bonchev–Trinajstić information content (AvgIpc) is 1.25. The van der Waals surface area contributed by atoms with Gasteiger partial charge >= 0.3 is 185 Å². The van der Waals surface area contributed by atoms with Crippen molar-refractivity contribution in [1.82, 2.24) is 0 Å². The second-order valence-electron chi connectivity index (χ2n) is 0.565. The molecule has 0 amide bonds. The van der Waals surface area contributed by atoms with Gasteiger partial charge in [-0.1, -0.05) is 0 Å². The number of rotatable bonds is 0. The fraction of sp³-hybridized carbons (Fsp3) is 0. The van der Waals surface area contributed by atoms with Gasteiger partial charge in [-0.15, -0.1) is 0 Å². The summed E-state index contributed by atoms with van der Waals surface area (Å²) in [6, 6.07) is 0. The third-order valence-corrected chi connectivity index (χ3v) is 0. The quantitative estimate of drug-likeness (QED) is 0.321. The fourth-order valence-corrected chi connectivity index (χ4v) is 0.